The van der Waals surface area contributed by atoms with Crippen LogP contribution >= 0.6 is 11.6 Å². The average Bonchev–Trinajstić information content (AvgIpc) is 3.05. The average molecular weight is 366 g/mol. The van der Waals surface area contributed by atoms with E-state index in [4.69, 9.17) is 11.6 Å². The fourth-order valence-electron chi connectivity index (χ4n) is 2.70. The summed E-state index contributed by atoms with van der Waals surface area (Å²) in [5.74, 6) is -1.06. The predicted molar refractivity (Wildman–Crippen MR) is 100.0 cm³/mol. The van der Waals surface area contributed by atoms with E-state index in [0.29, 0.717) is 10.7 Å². The van der Waals surface area contributed by atoms with Gasteiger partial charge in [-0.25, -0.2) is 9.37 Å². The third kappa shape index (κ3) is 3.17. The van der Waals surface area contributed by atoms with Crippen LogP contribution in [-0.4, -0.2) is 15.3 Å². The highest BCUT2D eigenvalue weighted by molar-refractivity contribution is 6.30. The van der Waals surface area contributed by atoms with Crippen LogP contribution in [0.3, 0.4) is 0 Å². The fraction of sp³-hybridized carbons (Fsp3) is 0. The van der Waals surface area contributed by atoms with Crippen molar-refractivity contribution in [1.82, 2.24) is 9.38 Å². The zero-order chi connectivity index (χ0) is 18.1. The maximum absolute atomic E-state index is 13.8. The minimum Gasteiger partial charge on any atom is -0.322 e. The second-order valence-electron chi connectivity index (χ2n) is 5.75. The van der Waals surface area contributed by atoms with Gasteiger partial charge in [0.1, 0.15) is 11.5 Å². The lowest BCUT2D eigenvalue weighted by Gasteiger charge is -2.07. The van der Waals surface area contributed by atoms with Gasteiger partial charge in [0.15, 0.2) is 0 Å². The largest absolute Gasteiger partial charge is 0.322 e. The maximum Gasteiger partial charge on any atom is 0.258 e. The molecular weight excluding hydrogens is 353 g/mol. The first-order chi connectivity index (χ1) is 12.6. The molecule has 2 aromatic heterocycles. The smallest absolute Gasteiger partial charge is 0.258 e. The minimum absolute atomic E-state index is 0.000255. The van der Waals surface area contributed by atoms with Crippen molar-refractivity contribution in [2.24, 2.45) is 0 Å². The van der Waals surface area contributed by atoms with E-state index in [9.17, 15) is 9.18 Å². The van der Waals surface area contributed by atoms with Crippen LogP contribution in [0.5, 0.6) is 0 Å². The molecule has 6 heteroatoms. The van der Waals surface area contributed by atoms with Gasteiger partial charge in [-0.05, 0) is 36.4 Å². The number of fused-ring (bicyclic) bond motifs is 1. The molecule has 4 aromatic rings. The van der Waals surface area contributed by atoms with E-state index >= 15 is 0 Å². The first-order valence-corrected chi connectivity index (χ1v) is 8.28. The molecule has 0 atom stereocenters. The summed E-state index contributed by atoms with van der Waals surface area (Å²) in [7, 11) is 0. The van der Waals surface area contributed by atoms with Gasteiger partial charge in [0.05, 0.1) is 16.3 Å². The standard InChI is InChI=1S/C20H13ClFN3O/c21-14-8-9-19-24-18(12-25(19)11-14)13-4-3-5-15(10-13)23-20(26)16-6-1-2-7-17(16)22/h1-12H,(H,23,26). The van der Waals surface area contributed by atoms with E-state index < -0.39 is 11.7 Å². The summed E-state index contributed by atoms with van der Waals surface area (Å²) in [5.41, 5.74) is 2.90. The monoisotopic (exact) mass is 365 g/mol. The quantitative estimate of drug-likeness (QED) is 0.552. The first kappa shape index (κ1) is 16.3. The lowest BCUT2D eigenvalue weighted by atomic mass is 10.1. The number of carbonyl (C=O) groups excluding carboxylic acids is 1. The molecule has 0 radical (unpaired) electrons. The van der Waals surface area contributed by atoms with Gasteiger partial charge in [-0.2, -0.15) is 0 Å². The summed E-state index contributed by atoms with van der Waals surface area (Å²) >= 11 is 6.00. The number of carbonyl (C=O) groups is 1. The van der Waals surface area contributed by atoms with Crippen LogP contribution in [0.15, 0.2) is 73.1 Å². The normalized spacial score (nSPS) is 10.8. The van der Waals surface area contributed by atoms with Crippen molar-refractivity contribution in [2.45, 2.75) is 0 Å². The van der Waals surface area contributed by atoms with Crippen LogP contribution < -0.4 is 5.32 Å². The lowest BCUT2D eigenvalue weighted by molar-refractivity contribution is 0.102. The summed E-state index contributed by atoms with van der Waals surface area (Å²) in [5, 5.41) is 3.34. The van der Waals surface area contributed by atoms with E-state index in [1.807, 2.05) is 28.8 Å². The van der Waals surface area contributed by atoms with Gasteiger partial charge in [-0.3, -0.25) is 4.79 Å². The van der Waals surface area contributed by atoms with Gasteiger partial charge in [-0.1, -0.05) is 35.9 Å². The second-order valence-corrected chi connectivity index (χ2v) is 6.19. The number of aromatic nitrogens is 2. The van der Waals surface area contributed by atoms with E-state index in [2.05, 4.69) is 10.3 Å². The topological polar surface area (TPSA) is 46.4 Å². The Balaban J connectivity index is 1.64. The third-order valence-corrected chi connectivity index (χ3v) is 4.17. The lowest BCUT2D eigenvalue weighted by Crippen LogP contribution is -2.13. The van der Waals surface area contributed by atoms with Gasteiger partial charge in [0.25, 0.3) is 5.91 Å². The maximum atomic E-state index is 13.8. The number of nitrogens with zero attached hydrogens (tertiary/aromatic N) is 2. The van der Waals surface area contributed by atoms with Crippen LogP contribution in [0, 0.1) is 5.82 Å². The van der Waals surface area contributed by atoms with Crippen molar-refractivity contribution < 1.29 is 9.18 Å². The van der Waals surface area contributed by atoms with E-state index in [0.717, 1.165) is 16.9 Å². The summed E-state index contributed by atoms with van der Waals surface area (Å²) in [6.07, 6.45) is 3.64. The Morgan fingerprint density at radius 2 is 1.88 bits per heavy atom. The van der Waals surface area contributed by atoms with Gasteiger partial charge in [0, 0.05) is 23.6 Å². The molecule has 0 aliphatic carbocycles. The molecule has 0 bridgehead atoms. The number of amides is 1. The molecule has 2 aromatic carbocycles. The van der Waals surface area contributed by atoms with Crippen molar-refractivity contribution in [3.8, 4) is 11.3 Å². The van der Waals surface area contributed by atoms with E-state index in [1.165, 1.54) is 12.1 Å². The van der Waals surface area contributed by atoms with Crippen molar-refractivity contribution in [2.75, 3.05) is 5.32 Å². The molecule has 2 heterocycles. The zero-order valence-corrected chi connectivity index (χ0v) is 14.2. The molecule has 4 nitrogen and oxygen atoms in total. The van der Waals surface area contributed by atoms with Crippen molar-refractivity contribution >= 4 is 28.8 Å². The molecule has 0 saturated heterocycles. The number of rotatable bonds is 3. The molecule has 128 valence electrons. The number of imidazole rings is 1. The first-order valence-electron chi connectivity index (χ1n) is 7.91. The van der Waals surface area contributed by atoms with Crippen molar-refractivity contribution in [3.63, 3.8) is 0 Å². The summed E-state index contributed by atoms with van der Waals surface area (Å²) in [6.45, 7) is 0. The Labute approximate surface area is 153 Å². The molecule has 1 N–H and O–H groups in total. The summed E-state index contributed by atoms with van der Waals surface area (Å²) < 4.78 is 15.6. The molecule has 0 aliphatic heterocycles. The molecule has 0 spiro atoms. The number of hydrogen-bond donors (Lipinski definition) is 1. The van der Waals surface area contributed by atoms with Crippen molar-refractivity contribution in [3.05, 3.63) is 89.5 Å². The molecule has 0 saturated carbocycles. The fourth-order valence-corrected chi connectivity index (χ4v) is 2.87. The number of pyridine rings is 1. The molecule has 4 rings (SSSR count). The SMILES string of the molecule is O=C(Nc1cccc(-c2cn3cc(Cl)ccc3n2)c1)c1ccccc1F. The Kier molecular flexibility index (Phi) is 4.14. The highest BCUT2D eigenvalue weighted by Crippen LogP contribution is 2.24. The minimum atomic E-state index is -0.557. The zero-order valence-electron chi connectivity index (χ0n) is 13.5. The number of benzene rings is 2. The van der Waals surface area contributed by atoms with Gasteiger partial charge in [-0.15, -0.1) is 0 Å². The summed E-state index contributed by atoms with van der Waals surface area (Å²) in [6, 6.07) is 16.7. The number of halogens is 2. The van der Waals surface area contributed by atoms with E-state index in [1.54, 1.807) is 36.5 Å². The third-order valence-electron chi connectivity index (χ3n) is 3.95. The van der Waals surface area contributed by atoms with Crippen LogP contribution in [0.2, 0.25) is 5.02 Å². The highest BCUT2D eigenvalue weighted by atomic mass is 35.5. The van der Waals surface area contributed by atoms with Gasteiger partial charge >= 0.3 is 0 Å². The van der Waals surface area contributed by atoms with Gasteiger partial charge < -0.3 is 9.72 Å². The molecule has 26 heavy (non-hydrogen) atoms. The van der Waals surface area contributed by atoms with E-state index in [-0.39, 0.29) is 5.56 Å². The van der Waals surface area contributed by atoms with Gasteiger partial charge in [0.2, 0.25) is 0 Å². The predicted octanol–water partition coefficient (Wildman–Crippen LogP) is 5.05. The Bertz CT molecular complexity index is 1120. The number of hydrogen-bond acceptors (Lipinski definition) is 2. The molecular formula is C20H13ClFN3O. The summed E-state index contributed by atoms with van der Waals surface area (Å²) in [4.78, 5) is 16.8. The highest BCUT2D eigenvalue weighted by Gasteiger charge is 2.12. The molecule has 0 fully saturated rings. The number of anilines is 1. The molecule has 1 amide bonds. The second kappa shape index (κ2) is 6.61. The van der Waals surface area contributed by atoms with Crippen molar-refractivity contribution in [1.29, 1.82) is 0 Å². The number of nitrogens with one attached hydrogen (secondary N) is 1. The Morgan fingerprint density at radius 1 is 1.04 bits per heavy atom. The van der Waals surface area contributed by atoms with Crippen LogP contribution in [0.25, 0.3) is 16.9 Å². The van der Waals surface area contributed by atoms with Crippen LogP contribution in [-0.2, 0) is 0 Å². The Morgan fingerprint density at radius 3 is 2.73 bits per heavy atom. The molecule has 0 unspecified atom stereocenters. The van der Waals surface area contributed by atoms with Crippen LogP contribution in [0.1, 0.15) is 10.4 Å². The molecule has 0 aliphatic rings. The van der Waals surface area contributed by atoms with Crippen LogP contribution in [0.4, 0.5) is 10.1 Å². The Hall–Kier alpha value is -3.18.